The molecule has 2 aromatic heterocycles. The van der Waals surface area contributed by atoms with Crippen molar-refractivity contribution in [2.24, 2.45) is 0 Å². The number of nitrogens with zero attached hydrogens (tertiary/aromatic N) is 2. The summed E-state index contributed by atoms with van der Waals surface area (Å²) in [4.78, 5) is 15.9. The summed E-state index contributed by atoms with van der Waals surface area (Å²) in [7, 11) is -0.559. The molecule has 0 aliphatic carbocycles. The van der Waals surface area contributed by atoms with Gasteiger partial charge in [0.15, 0.2) is 17.4 Å². The molecule has 0 bridgehead atoms. The number of ether oxygens (including phenoxy) is 1. The minimum Gasteiger partial charge on any atom is -0.398 e. The van der Waals surface area contributed by atoms with Crippen LogP contribution in [-0.4, -0.2) is 56.4 Å². The Hall–Kier alpha value is -2.40. The quantitative estimate of drug-likeness (QED) is 0.546. The van der Waals surface area contributed by atoms with Gasteiger partial charge in [0.05, 0.1) is 12.9 Å². The van der Waals surface area contributed by atoms with Gasteiger partial charge in [-0.15, -0.1) is 0 Å². The van der Waals surface area contributed by atoms with E-state index in [1.54, 1.807) is 4.57 Å². The summed E-state index contributed by atoms with van der Waals surface area (Å²) in [5.41, 5.74) is 0.521. The Morgan fingerprint density at radius 3 is 2.92 bits per heavy atom. The number of aliphatic hydroxyl groups is 1. The van der Waals surface area contributed by atoms with E-state index in [9.17, 15) is 9.90 Å². The fourth-order valence-electron chi connectivity index (χ4n) is 3.86. The lowest BCUT2D eigenvalue weighted by Crippen LogP contribution is -2.42. The highest BCUT2D eigenvalue weighted by molar-refractivity contribution is 6.62. The first-order chi connectivity index (χ1) is 12.6. The molecule has 10 heteroatoms. The van der Waals surface area contributed by atoms with E-state index in [0.29, 0.717) is 11.2 Å². The Balaban J connectivity index is 1.56. The second-order valence-electron chi connectivity index (χ2n) is 6.74. The second kappa shape index (κ2) is 5.55. The van der Waals surface area contributed by atoms with E-state index < -0.39 is 31.2 Å². The number of aliphatic hydroxyl groups excluding tert-OH is 1. The first kappa shape index (κ1) is 15.8. The molecular weight excluding hydrogens is 339 g/mol. The summed E-state index contributed by atoms with van der Waals surface area (Å²) in [6.07, 6.45) is -0.107. The van der Waals surface area contributed by atoms with Gasteiger partial charge in [0.2, 0.25) is 0 Å². The fraction of sp³-hybridized carbons (Fsp3) is 0.375. The molecule has 1 aromatic carbocycles. The molecule has 0 saturated carbocycles. The van der Waals surface area contributed by atoms with Gasteiger partial charge < -0.3 is 19.2 Å². The molecule has 0 spiro atoms. The first-order valence-electron chi connectivity index (χ1n) is 8.39. The number of fused-ring (bicyclic) bond motifs is 2. The molecule has 0 radical (unpaired) electrons. The first-order valence-corrected chi connectivity index (χ1v) is 8.39. The summed E-state index contributed by atoms with van der Waals surface area (Å²) < 4.78 is 20.1. The van der Waals surface area contributed by atoms with E-state index in [1.165, 1.54) is 6.33 Å². The van der Waals surface area contributed by atoms with Crippen molar-refractivity contribution < 1.29 is 19.2 Å². The molecule has 2 aliphatic heterocycles. The molecule has 3 aromatic rings. The third kappa shape index (κ3) is 2.07. The van der Waals surface area contributed by atoms with Gasteiger partial charge in [0.1, 0.15) is 17.8 Å². The molecule has 4 atom stereocenters. The van der Waals surface area contributed by atoms with Crippen LogP contribution in [0, 0.1) is 0 Å². The second-order valence-corrected chi connectivity index (χ2v) is 6.74. The average molecular weight is 356 g/mol. The molecule has 2 fully saturated rings. The van der Waals surface area contributed by atoms with Crippen LogP contribution in [0.5, 0.6) is 0 Å². The monoisotopic (exact) mass is 356 g/mol. The highest BCUT2D eigenvalue weighted by Crippen LogP contribution is 2.47. The molecule has 0 amide bonds. The minimum absolute atomic E-state index is 0.205. The van der Waals surface area contributed by atoms with Gasteiger partial charge in [-0.3, -0.25) is 19.6 Å². The molecular formula is C16H17BN4O5. The number of hydrogen-bond donors (Lipinski definition) is 3. The zero-order valence-corrected chi connectivity index (χ0v) is 14.0. The molecule has 26 heavy (non-hydrogen) atoms. The lowest BCUT2D eigenvalue weighted by atomic mass is 9.79. The number of aromatic amines is 2. The smallest absolute Gasteiger partial charge is 0.398 e. The van der Waals surface area contributed by atoms with Crippen molar-refractivity contribution in [1.29, 1.82) is 0 Å². The summed E-state index contributed by atoms with van der Waals surface area (Å²) in [6, 6.07) is 9.61. The lowest BCUT2D eigenvalue weighted by Gasteiger charge is -2.29. The number of imidazole rings is 1. The molecule has 9 nitrogen and oxygen atoms in total. The average Bonchev–Trinajstić information content (AvgIpc) is 3.37. The summed E-state index contributed by atoms with van der Waals surface area (Å²) >= 11 is 0. The van der Waals surface area contributed by atoms with Crippen LogP contribution in [0.4, 0.5) is 0 Å². The Kier molecular flexibility index (Phi) is 3.38. The van der Waals surface area contributed by atoms with Crippen molar-refractivity contribution in [3.05, 3.63) is 47.0 Å². The standard InChI is InChI=1S/C16H17BN4O5/c1-16-12(25-17(26-16)9-5-3-2-4-6-9)10(7-22)24-15(16)21-8-18-11-13(21)19-20-14(11)23/h2-6,8,10,12,15,22H,7H2,1H3,(H2,19,20,23)/t10?,12-,15?,16-/m1/s1. The number of hydrogen-bond acceptors (Lipinski definition) is 6. The number of H-pyrrole nitrogens is 2. The molecule has 5 rings (SSSR count). The van der Waals surface area contributed by atoms with E-state index in [4.69, 9.17) is 14.0 Å². The predicted molar refractivity (Wildman–Crippen MR) is 91.9 cm³/mol. The molecule has 2 aliphatic rings. The Bertz CT molecular complexity index is 1000. The Labute approximate surface area is 148 Å². The normalized spacial score (nSPS) is 31.0. The van der Waals surface area contributed by atoms with E-state index in [-0.39, 0.29) is 12.2 Å². The highest BCUT2D eigenvalue weighted by atomic mass is 16.7. The van der Waals surface area contributed by atoms with E-state index in [1.807, 2.05) is 37.3 Å². The highest BCUT2D eigenvalue weighted by Gasteiger charge is 2.63. The molecule has 3 N–H and O–H groups in total. The summed E-state index contributed by atoms with van der Waals surface area (Å²) in [5, 5.41) is 15.1. The van der Waals surface area contributed by atoms with E-state index >= 15 is 0 Å². The van der Waals surface area contributed by atoms with Crippen LogP contribution < -0.4 is 11.0 Å². The van der Waals surface area contributed by atoms with Gasteiger partial charge in [0.25, 0.3) is 5.56 Å². The number of aromatic nitrogens is 4. The number of nitrogens with one attached hydrogen (secondary N) is 2. The van der Waals surface area contributed by atoms with Crippen LogP contribution >= 0.6 is 0 Å². The topological polar surface area (TPSA) is 114 Å². The van der Waals surface area contributed by atoms with E-state index in [0.717, 1.165) is 5.46 Å². The van der Waals surface area contributed by atoms with E-state index in [2.05, 4.69) is 15.2 Å². The third-order valence-corrected chi connectivity index (χ3v) is 5.14. The molecule has 2 unspecified atom stereocenters. The van der Waals surface area contributed by atoms with Crippen LogP contribution in [0.25, 0.3) is 11.2 Å². The maximum Gasteiger partial charge on any atom is 0.494 e. The Morgan fingerprint density at radius 2 is 2.15 bits per heavy atom. The fourth-order valence-corrected chi connectivity index (χ4v) is 3.86. The van der Waals surface area contributed by atoms with Crippen LogP contribution in [0.1, 0.15) is 13.2 Å². The molecule has 134 valence electrons. The van der Waals surface area contributed by atoms with Gasteiger partial charge in [-0.1, -0.05) is 30.3 Å². The summed E-state index contributed by atoms with van der Waals surface area (Å²) in [6.45, 7) is 1.68. The van der Waals surface area contributed by atoms with Crippen molar-refractivity contribution in [3.63, 3.8) is 0 Å². The van der Waals surface area contributed by atoms with Crippen LogP contribution in [0.2, 0.25) is 0 Å². The van der Waals surface area contributed by atoms with Crippen molar-refractivity contribution in [2.45, 2.75) is 31.0 Å². The maximum absolute atomic E-state index is 11.8. The SMILES string of the molecule is C[C@@]12OB(c3ccccc3)O[C@@H]1C(CO)OC2n1cnc2c(=O)[nH][nH]c21. The third-order valence-electron chi connectivity index (χ3n) is 5.14. The zero-order valence-electron chi connectivity index (χ0n) is 14.0. The van der Waals surface area contributed by atoms with Crippen LogP contribution in [-0.2, 0) is 14.0 Å². The number of benzene rings is 1. The van der Waals surface area contributed by atoms with Gasteiger partial charge in [-0.2, -0.15) is 0 Å². The van der Waals surface area contributed by atoms with Gasteiger partial charge >= 0.3 is 7.12 Å². The van der Waals surface area contributed by atoms with Crippen molar-refractivity contribution in [2.75, 3.05) is 6.61 Å². The largest absolute Gasteiger partial charge is 0.494 e. The van der Waals surface area contributed by atoms with Crippen LogP contribution in [0.15, 0.2) is 41.5 Å². The van der Waals surface area contributed by atoms with Crippen molar-refractivity contribution >= 4 is 23.7 Å². The zero-order chi connectivity index (χ0) is 17.9. The molecule has 4 heterocycles. The van der Waals surface area contributed by atoms with Gasteiger partial charge in [-0.05, 0) is 12.4 Å². The number of rotatable bonds is 3. The lowest BCUT2D eigenvalue weighted by molar-refractivity contribution is -0.0769. The Morgan fingerprint density at radius 1 is 1.35 bits per heavy atom. The van der Waals surface area contributed by atoms with Crippen molar-refractivity contribution in [1.82, 2.24) is 19.7 Å². The maximum atomic E-state index is 11.8. The van der Waals surface area contributed by atoms with Gasteiger partial charge in [-0.25, -0.2) is 4.98 Å². The van der Waals surface area contributed by atoms with Crippen LogP contribution in [0.3, 0.4) is 0 Å². The van der Waals surface area contributed by atoms with Gasteiger partial charge in [0, 0.05) is 0 Å². The predicted octanol–water partition coefficient (Wildman–Crippen LogP) is -0.488. The minimum atomic E-state index is -0.865. The summed E-state index contributed by atoms with van der Waals surface area (Å²) in [5.74, 6) is 0. The van der Waals surface area contributed by atoms with Crippen molar-refractivity contribution in [3.8, 4) is 0 Å². The molecule has 2 saturated heterocycles.